The molecule has 3 aromatic rings. The Morgan fingerprint density at radius 3 is 2.81 bits per heavy atom. The van der Waals surface area contributed by atoms with Crippen LogP contribution in [-0.2, 0) is 4.79 Å². The summed E-state index contributed by atoms with van der Waals surface area (Å²) in [6.07, 6.45) is 9.17. The number of hydrazone groups is 1. The van der Waals surface area contributed by atoms with Crippen molar-refractivity contribution in [2.45, 2.75) is 36.9 Å². The van der Waals surface area contributed by atoms with Gasteiger partial charge in [0.05, 0.1) is 24.5 Å². The third kappa shape index (κ3) is 4.13. The summed E-state index contributed by atoms with van der Waals surface area (Å²) in [6.45, 7) is 0. The van der Waals surface area contributed by atoms with Crippen LogP contribution in [0.15, 0.2) is 55.9 Å². The minimum Gasteiger partial charge on any atom is -0.463 e. The summed E-state index contributed by atoms with van der Waals surface area (Å²) in [4.78, 5) is 12.1. The van der Waals surface area contributed by atoms with Gasteiger partial charge in [-0.1, -0.05) is 24.6 Å². The second-order valence-corrected chi connectivity index (χ2v) is 7.13. The molecule has 1 amide bonds. The van der Waals surface area contributed by atoms with Gasteiger partial charge in [-0.2, -0.15) is 5.10 Å². The Morgan fingerprint density at radius 2 is 2.07 bits per heavy atom. The lowest BCUT2D eigenvalue weighted by Crippen LogP contribution is -2.20. The molecule has 0 bridgehead atoms. The number of amides is 1. The van der Waals surface area contributed by atoms with Crippen LogP contribution >= 0.6 is 11.8 Å². The van der Waals surface area contributed by atoms with Crippen molar-refractivity contribution in [2.75, 3.05) is 5.75 Å². The largest absolute Gasteiger partial charge is 0.463 e. The lowest BCUT2D eigenvalue weighted by Gasteiger charge is -2.15. The predicted molar refractivity (Wildman–Crippen MR) is 100 cm³/mol. The minimum absolute atomic E-state index is 0.193. The molecule has 0 atom stereocenters. The summed E-state index contributed by atoms with van der Waals surface area (Å²) in [5, 5.41) is 13.2. The number of carbonyl (C=O) groups is 1. The Labute approximate surface area is 160 Å². The van der Waals surface area contributed by atoms with Gasteiger partial charge in [0.15, 0.2) is 10.9 Å². The molecule has 1 fully saturated rings. The van der Waals surface area contributed by atoms with Crippen LogP contribution in [0.25, 0.3) is 11.6 Å². The van der Waals surface area contributed by atoms with Crippen LogP contribution in [0.3, 0.4) is 0 Å². The molecule has 0 saturated heterocycles. The van der Waals surface area contributed by atoms with Gasteiger partial charge in [0.1, 0.15) is 5.76 Å². The zero-order chi connectivity index (χ0) is 18.5. The van der Waals surface area contributed by atoms with Gasteiger partial charge in [0.2, 0.25) is 5.82 Å². The average molecular weight is 385 g/mol. The smallest absolute Gasteiger partial charge is 0.250 e. The molecule has 0 radical (unpaired) electrons. The van der Waals surface area contributed by atoms with Crippen LogP contribution in [0, 0.1) is 0 Å². The molecule has 140 valence electrons. The minimum atomic E-state index is -0.219. The fourth-order valence-corrected chi connectivity index (χ4v) is 3.93. The van der Waals surface area contributed by atoms with Crippen LogP contribution < -0.4 is 5.43 Å². The highest BCUT2D eigenvalue weighted by Gasteiger charge is 2.26. The van der Waals surface area contributed by atoms with Gasteiger partial charge in [0, 0.05) is 6.04 Å². The molecule has 0 unspecified atom stereocenters. The van der Waals surface area contributed by atoms with Crippen LogP contribution in [0.5, 0.6) is 0 Å². The lowest BCUT2D eigenvalue weighted by molar-refractivity contribution is -0.118. The van der Waals surface area contributed by atoms with E-state index in [0.717, 1.165) is 18.0 Å². The molecule has 1 saturated carbocycles. The van der Waals surface area contributed by atoms with E-state index < -0.39 is 0 Å². The Balaban J connectivity index is 1.43. The second kappa shape index (κ2) is 8.26. The van der Waals surface area contributed by atoms with Crippen molar-refractivity contribution in [2.24, 2.45) is 5.10 Å². The maximum atomic E-state index is 12.1. The normalized spacial score (nSPS) is 15.0. The topological polar surface area (TPSA) is 98.5 Å². The van der Waals surface area contributed by atoms with Crippen LogP contribution in [-0.4, -0.2) is 32.6 Å². The summed E-state index contributed by atoms with van der Waals surface area (Å²) < 4.78 is 12.7. The molecule has 27 heavy (non-hydrogen) atoms. The number of furan rings is 2. The molecule has 9 heteroatoms. The van der Waals surface area contributed by atoms with Crippen molar-refractivity contribution >= 4 is 23.9 Å². The zero-order valence-corrected chi connectivity index (χ0v) is 15.4. The first-order chi connectivity index (χ1) is 13.3. The van der Waals surface area contributed by atoms with Crippen molar-refractivity contribution in [3.63, 3.8) is 0 Å². The van der Waals surface area contributed by atoms with Crippen molar-refractivity contribution in [3.05, 3.63) is 42.6 Å². The van der Waals surface area contributed by atoms with E-state index in [1.54, 1.807) is 24.7 Å². The average Bonchev–Trinajstić information content (AvgIpc) is 3.47. The van der Waals surface area contributed by atoms with E-state index in [-0.39, 0.29) is 11.7 Å². The molecular weight excluding hydrogens is 366 g/mol. The fraction of sp³-hybridized carbons (Fsp3) is 0.333. The van der Waals surface area contributed by atoms with Crippen LogP contribution in [0.1, 0.15) is 37.5 Å². The zero-order valence-electron chi connectivity index (χ0n) is 14.6. The highest BCUT2D eigenvalue weighted by Crippen LogP contribution is 2.36. The number of nitrogens with one attached hydrogen (secondary N) is 1. The molecule has 1 aliphatic rings. The standard InChI is InChI=1S/C18H19N5O3S/c24-16(20-19-11-14-7-3-9-25-14)12-27-18-22-21-17(15-8-4-10-26-15)23(18)13-5-1-2-6-13/h3-4,7-11,13H,1-2,5-6,12H2,(H,20,24). The summed E-state index contributed by atoms with van der Waals surface area (Å²) in [7, 11) is 0. The van der Waals surface area contributed by atoms with Crippen molar-refractivity contribution in [3.8, 4) is 11.6 Å². The number of aromatic nitrogens is 3. The Bertz CT molecular complexity index is 896. The summed E-state index contributed by atoms with van der Waals surface area (Å²) in [5.41, 5.74) is 2.49. The summed E-state index contributed by atoms with van der Waals surface area (Å²) in [6, 6.07) is 7.55. The third-order valence-electron chi connectivity index (χ3n) is 4.35. The van der Waals surface area contributed by atoms with E-state index in [2.05, 4.69) is 25.3 Å². The van der Waals surface area contributed by atoms with Crippen molar-refractivity contribution in [1.29, 1.82) is 0 Å². The first kappa shape index (κ1) is 17.6. The Kier molecular flexibility index (Phi) is 5.38. The molecule has 0 spiro atoms. The van der Waals surface area contributed by atoms with Gasteiger partial charge in [-0.3, -0.25) is 9.36 Å². The molecule has 1 N–H and O–H groups in total. The summed E-state index contributed by atoms with van der Waals surface area (Å²) in [5.74, 6) is 1.95. The molecular formula is C18H19N5O3S. The first-order valence-electron chi connectivity index (χ1n) is 8.78. The fourth-order valence-electron chi connectivity index (χ4n) is 3.14. The second-order valence-electron chi connectivity index (χ2n) is 6.19. The van der Waals surface area contributed by atoms with Gasteiger partial charge in [-0.15, -0.1) is 10.2 Å². The molecule has 0 aromatic carbocycles. The van der Waals surface area contributed by atoms with Crippen molar-refractivity contribution in [1.82, 2.24) is 20.2 Å². The quantitative estimate of drug-likeness (QED) is 0.380. The maximum Gasteiger partial charge on any atom is 0.250 e. The maximum absolute atomic E-state index is 12.1. The highest BCUT2D eigenvalue weighted by molar-refractivity contribution is 7.99. The predicted octanol–water partition coefficient (Wildman–Crippen LogP) is 3.49. The van der Waals surface area contributed by atoms with Crippen molar-refractivity contribution < 1.29 is 13.6 Å². The molecule has 0 aliphatic heterocycles. The van der Waals surface area contributed by atoms with Crippen LogP contribution in [0.2, 0.25) is 0 Å². The number of hydrogen-bond acceptors (Lipinski definition) is 7. The number of carbonyl (C=O) groups excluding carboxylic acids is 1. The van der Waals surface area contributed by atoms with Gasteiger partial charge in [0.25, 0.3) is 5.91 Å². The van der Waals surface area contributed by atoms with Gasteiger partial charge in [-0.05, 0) is 37.1 Å². The molecule has 3 aromatic heterocycles. The van der Waals surface area contributed by atoms with Gasteiger partial charge >= 0.3 is 0 Å². The summed E-state index contributed by atoms with van der Waals surface area (Å²) >= 11 is 1.35. The van der Waals surface area contributed by atoms with Crippen LogP contribution in [0.4, 0.5) is 0 Å². The molecule has 1 aliphatic carbocycles. The van der Waals surface area contributed by atoms with E-state index in [0.29, 0.717) is 23.4 Å². The van der Waals surface area contributed by atoms with E-state index >= 15 is 0 Å². The Morgan fingerprint density at radius 1 is 1.26 bits per heavy atom. The number of nitrogens with zero attached hydrogens (tertiary/aromatic N) is 4. The first-order valence-corrected chi connectivity index (χ1v) is 9.77. The number of thioether (sulfide) groups is 1. The lowest BCUT2D eigenvalue weighted by atomic mass is 10.2. The van der Waals surface area contributed by atoms with E-state index in [9.17, 15) is 4.79 Å². The molecule has 4 rings (SSSR count). The van der Waals surface area contributed by atoms with E-state index in [1.807, 2.05) is 12.1 Å². The Hall–Kier alpha value is -2.81. The van der Waals surface area contributed by atoms with Gasteiger partial charge in [-0.25, -0.2) is 5.43 Å². The number of hydrogen-bond donors (Lipinski definition) is 1. The van der Waals surface area contributed by atoms with Gasteiger partial charge < -0.3 is 8.83 Å². The molecule has 3 heterocycles. The van der Waals surface area contributed by atoms with E-state index in [1.165, 1.54) is 30.8 Å². The number of rotatable bonds is 7. The highest BCUT2D eigenvalue weighted by atomic mass is 32.2. The monoisotopic (exact) mass is 385 g/mol. The van der Waals surface area contributed by atoms with E-state index in [4.69, 9.17) is 8.83 Å². The SMILES string of the molecule is O=C(CSc1nnc(-c2ccco2)n1C1CCCC1)NN=Cc1ccco1. The molecule has 8 nitrogen and oxygen atoms in total. The third-order valence-corrected chi connectivity index (χ3v) is 5.30.